The fourth-order valence-corrected chi connectivity index (χ4v) is 3.05. The first kappa shape index (κ1) is 6.98. The molecule has 1 aromatic carbocycles. The van der Waals surface area contributed by atoms with E-state index in [0.717, 1.165) is 6.61 Å². The van der Waals surface area contributed by atoms with Crippen LogP contribution in [0.3, 0.4) is 0 Å². The van der Waals surface area contributed by atoms with Gasteiger partial charge in [0.15, 0.2) is 0 Å². The number of hydrogen-bond acceptors (Lipinski definition) is 2. The molecular weight excluding hydrogens is 168 g/mol. The van der Waals surface area contributed by atoms with Crippen molar-refractivity contribution in [3.63, 3.8) is 0 Å². The van der Waals surface area contributed by atoms with Crippen LogP contribution in [0.4, 0.5) is 0 Å². The summed E-state index contributed by atoms with van der Waals surface area (Å²) in [5.41, 5.74) is 1.56. The normalized spacial score (nSPS) is 31.7. The maximum Gasteiger partial charge on any atom is 0.118 e. The van der Waals surface area contributed by atoms with Gasteiger partial charge in [-0.25, -0.2) is 0 Å². The second-order valence-corrected chi connectivity index (χ2v) is 4.51. The summed E-state index contributed by atoms with van der Waals surface area (Å²) in [4.78, 5) is 1.42. The van der Waals surface area contributed by atoms with Crippen LogP contribution in [0.25, 0.3) is 0 Å². The van der Waals surface area contributed by atoms with Crippen molar-refractivity contribution in [2.45, 2.75) is 16.9 Å². The number of hydrogen-bond donors (Lipinski definition) is 0. The number of epoxide rings is 1. The van der Waals surface area contributed by atoms with Crippen molar-refractivity contribution in [2.75, 3.05) is 12.4 Å². The zero-order valence-corrected chi connectivity index (χ0v) is 7.56. The molecule has 0 N–H and O–H groups in total. The van der Waals surface area contributed by atoms with E-state index in [-0.39, 0.29) is 5.60 Å². The van der Waals surface area contributed by atoms with E-state index in [1.807, 2.05) is 11.8 Å². The highest BCUT2D eigenvalue weighted by molar-refractivity contribution is 7.99. The topological polar surface area (TPSA) is 12.5 Å². The van der Waals surface area contributed by atoms with Crippen LogP contribution >= 0.6 is 11.8 Å². The number of thioether (sulfide) groups is 1. The molecule has 1 spiro atoms. The van der Waals surface area contributed by atoms with Gasteiger partial charge in [0.2, 0.25) is 0 Å². The highest BCUT2D eigenvalue weighted by atomic mass is 32.2. The minimum Gasteiger partial charge on any atom is -0.364 e. The summed E-state index contributed by atoms with van der Waals surface area (Å²) < 4.78 is 5.55. The summed E-state index contributed by atoms with van der Waals surface area (Å²) in [5, 5.41) is 0. The Balaban J connectivity index is 2.16. The largest absolute Gasteiger partial charge is 0.364 e. The summed E-state index contributed by atoms with van der Waals surface area (Å²) in [6.07, 6.45) is 1.19. The van der Waals surface area contributed by atoms with Crippen molar-refractivity contribution in [1.29, 1.82) is 0 Å². The molecule has 0 saturated carbocycles. The Kier molecular flexibility index (Phi) is 1.32. The van der Waals surface area contributed by atoms with E-state index < -0.39 is 0 Å². The molecule has 3 rings (SSSR count). The zero-order valence-electron chi connectivity index (χ0n) is 6.75. The predicted molar refractivity (Wildman–Crippen MR) is 49.4 cm³/mol. The minimum atomic E-state index is 0.141. The van der Waals surface area contributed by atoms with Crippen molar-refractivity contribution in [2.24, 2.45) is 0 Å². The van der Waals surface area contributed by atoms with Gasteiger partial charge in [-0.2, -0.15) is 0 Å². The third-order valence-corrected chi connectivity index (χ3v) is 3.71. The lowest BCUT2D eigenvalue weighted by atomic mass is 9.97. The average molecular weight is 178 g/mol. The van der Waals surface area contributed by atoms with E-state index in [0.29, 0.717) is 0 Å². The maximum atomic E-state index is 5.55. The molecule has 2 heteroatoms. The van der Waals surface area contributed by atoms with Crippen LogP contribution < -0.4 is 0 Å². The number of rotatable bonds is 0. The molecule has 0 bridgehead atoms. The molecule has 1 atom stereocenters. The van der Waals surface area contributed by atoms with Crippen LogP contribution in [0.15, 0.2) is 29.2 Å². The minimum absolute atomic E-state index is 0.141. The van der Waals surface area contributed by atoms with Gasteiger partial charge in [-0.15, -0.1) is 11.8 Å². The van der Waals surface area contributed by atoms with Crippen molar-refractivity contribution in [3.8, 4) is 0 Å². The molecule has 1 fully saturated rings. The second-order valence-electron chi connectivity index (χ2n) is 3.38. The summed E-state index contributed by atoms with van der Waals surface area (Å²) in [5.74, 6) is 1.21. The molecular formula is C10H10OS. The Bertz CT molecular complexity index is 317. The fourth-order valence-electron chi connectivity index (χ4n) is 1.82. The summed E-state index contributed by atoms with van der Waals surface area (Å²) in [6.45, 7) is 0.935. The van der Waals surface area contributed by atoms with E-state index >= 15 is 0 Å². The summed E-state index contributed by atoms with van der Waals surface area (Å²) in [6, 6.07) is 8.61. The number of fused-ring (bicyclic) bond motifs is 2. The molecule has 12 heavy (non-hydrogen) atoms. The first-order chi connectivity index (χ1) is 5.91. The van der Waals surface area contributed by atoms with Crippen LogP contribution in [0.5, 0.6) is 0 Å². The third-order valence-electron chi connectivity index (χ3n) is 2.63. The second kappa shape index (κ2) is 2.27. The molecule has 2 aliphatic heterocycles. The molecule has 0 radical (unpaired) electrons. The summed E-state index contributed by atoms with van der Waals surface area (Å²) >= 11 is 1.95. The molecule has 1 nitrogen and oxygen atoms in total. The average Bonchev–Trinajstić information content (AvgIpc) is 2.87. The van der Waals surface area contributed by atoms with E-state index in [1.165, 1.54) is 22.6 Å². The van der Waals surface area contributed by atoms with E-state index in [4.69, 9.17) is 4.74 Å². The molecule has 0 aliphatic carbocycles. The van der Waals surface area contributed by atoms with Crippen molar-refractivity contribution in [3.05, 3.63) is 29.8 Å². The lowest BCUT2D eigenvalue weighted by Crippen LogP contribution is -2.15. The Morgan fingerprint density at radius 3 is 3.00 bits per heavy atom. The van der Waals surface area contributed by atoms with Gasteiger partial charge in [-0.3, -0.25) is 0 Å². The third kappa shape index (κ3) is 0.852. The van der Waals surface area contributed by atoms with Crippen molar-refractivity contribution < 1.29 is 4.74 Å². The molecule has 1 aromatic rings. The molecule has 2 heterocycles. The fraction of sp³-hybridized carbons (Fsp3) is 0.400. The maximum absolute atomic E-state index is 5.55. The van der Waals surface area contributed by atoms with Gasteiger partial charge < -0.3 is 4.74 Å². The highest BCUT2D eigenvalue weighted by Gasteiger charge is 2.48. The Morgan fingerprint density at radius 2 is 2.17 bits per heavy atom. The van der Waals surface area contributed by atoms with Gasteiger partial charge in [0.05, 0.1) is 6.61 Å². The van der Waals surface area contributed by atoms with Crippen molar-refractivity contribution >= 4 is 11.8 Å². The quantitative estimate of drug-likeness (QED) is 0.566. The number of ether oxygens (including phenoxy) is 1. The predicted octanol–water partition coefficient (Wildman–Crippen LogP) is 2.41. The zero-order chi connectivity index (χ0) is 8.02. The Labute approximate surface area is 76.1 Å². The van der Waals surface area contributed by atoms with E-state index in [1.54, 1.807) is 0 Å². The smallest absolute Gasteiger partial charge is 0.118 e. The first-order valence-corrected chi connectivity index (χ1v) is 5.26. The Morgan fingerprint density at radius 1 is 1.33 bits per heavy atom. The van der Waals surface area contributed by atoms with Crippen LogP contribution in [0.1, 0.15) is 12.0 Å². The van der Waals surface area contributed by atoms with Gasteiger partial charge in [0.25, 0.3) is 0 Å². The lowest BCUT2D eigenvalue weighted by molar-refractivity contribution is 0.296. The highest BCUT2D eigenvalue weighted by Crippen LogP contribution is 2.50. The summed E-state index contributed by atoms with van der Waals surface area (Å²) in [7, 11) is 0. The van der Waals surface area contributed by atoms with E-state index in [2.05, 4.69) is 24.3 Å². The van der Waals surface area contributed by atoms with Gasteiger partial charge >= 0.3 is 0 Å². The van der Waals surface area contributed by atoms with Crippen molar-refractivity contribution in [1.82, 2.24) is 0 Å². The van der Waals surface area contributed by atoms with Crippen LogP contribution in [0.2, 0.25) is 0 Å². The first-order valence-electron chi connectivity index (χ1n) is 4.27. The van der Waals surface area contributed by atoms with Crippen LogP contribution in [-0.2, 0) is 10.3 Å². The van der Waals surface area contributed by atoms with Gasteiger partial charge in [-0.1, -0.05) is 18.2 Å². The SMILES string of the molecule is c1ccc2c(c1)SCCC21CO1. The van der Waals surface area contributed by atoms with Gasteiger partial charge in [-0.05, 0) is 18.1 Å². The van der Waals surface area contributed by atoms with E-state index in [9.17, 15) is 0 Å². The molecule has 0 aromatic heterocycles. The standard InChI is InChI=1S/C10H10OS/c1-2-4-9-8(3-1)10(7-11-10)5-6-12-9/h1-4H,5-7H2. The molecule has 1 saturated heterocycles. The van der Waals surface area contributed by atoms with Crippen LogP contribution in [-0.4, -0.2) is 12.4 Å². The van der Waals surface area contributed by atoms with Gasteiger partial charge in [0, 0.05) is 10.6 Å². The molecule has 1 unspecified atom stereocenters. The monoisotopic (exact) mass is 178 g/mol. The van der Waals surface area contributed by atoms with Gasteiger partial charge in [0.1, 0.15) is 5.60 Å². The number of benzene rings is 1. The molecule has 62 valence electrons. The lowest BCUT2D eigenvalue weighted by Gasteiger charge is -2.21. The molecule has 2 aliphatic rings. The van der Waals surface area contributed by atoms with Crippen LogP contribution in [0, 0.1) is 0 Å². The molecule has 0 amide bonds. The Hall–Kier alpha value is -0.470.